The molecule has 0 bridgehead atoms. The Morgan fingerprint density at radius 2 is 1.77 bits per heavy atom. The lowest BCUT2D eigenvalue weighted by molar-refractivity contribution is -0.123. The number of nitrogens with one attached hydrogen (secondary N) is 1. The SMILES string of the molecule is COc1cc2c(cc1OC)CN(S(=O)(=O)CCNC(=O)COc1ccccc1F)CC2. The number of para-hydroxylation sites is 1. The van der Waals surface area contributed by atoms with Gasteiger partial charge in [0.25, 0.3) is 5.91 Å². The maximum absolute atomic E-state index is 13.5. The number of fused-ring (bicyclic) bond motifs is 1. The van der Waals surface area contributed by atoms with E-state index in [0.29, 0.717) is 24.5 Å². The van der Waals surface area contributed by atoms with Crippen LogP contribution >= 0.6 is 0 Å². The molecule has 0 fully saturated rings. The highest BCUT2D eigenvalue weighted by Gasteiger charge is 2.27. The van der Waals surface area contributed by atoms with E-state index in [2.05, 4.69) is 5.32 Å². The van der Waals surface area contributed by atoms with Crippen LogP contribution in [0.25, 0.3) is 0 Å². The van der Waals surface area contributed by atoms with E-state index in [1.165, 1.54) is 29.6 Å². The molecule has 1 aliphatic heterocycles. The van der Waals surface area contributed by atoms with Crippen LogP contribution in [0.3, 0.4) is 0 Å². The molecule has 10 heteroatoms. The Hall–Kier alpha value is -2.85. The minimum atomic E-state index is -3.59. The van der Waals surface area contributed by atoms with Crippen molar-refractivity contribution in [2.75, 3.05) is 39.7 Å². The lowest BCUT2D eigenvalue weighted by atomic mass is 10.0. The Morgan fingerprint density at radius 1 is 1.10 bits per heavy atom. The Labute approximate surface area is 181 Å². The third-order valence-electron chi connectivity index (χ3n) is 4.95. The van der Waals surface area contributed by atoms with Crippen LogP contribution in [0.4, 0.5) is 4.39 Å². The minimum absolute atomic E-state index is 0.0377. The first-order chi connectivity index (χ1) is 14.8. The monoisotopic (exact) mass is 452 g/mol. The zero-order valence-corrected chi connectivity index (χ0v) is 18.2. The molecule has 1 amide bonds. The smallest absolute Gasteiger partial charge is 0.257 e. The van der Waals surface area contributed by atoms with Crippen LogP contribution in [0.1, 0.15) is 11.1 Å². The Balaban J connectivity index is 1.52. The number of carbonyl (C=O) groups excluding carboxylic acids is 1. The van der Waals surface area contributed by atoms with Gasteiger partial charge in [-0.2, -0.15) is 4.31 Å². The zero-order valence-electron chi connectivity index (χ0n) is 17.4. The van der Waals surface area contributed by atoms with Gasteiger partial charge in [0.1, 0.15) is 0 Å². The number of halogens is 1. The van der Waals surface area contributed by atoms with E-state index in [1.807, 2.05) is 6.07 Å². The van der Waals surface area contributed by atoms with Gasteiger partial charge in [-0.25, -0.2) is 12.8 Å². The predicted octanol–water partition coefficient (Wildman–Crippen LogP) is 1.73. The summed E-state index contributed by atoms with van der Waals surface area (Å²) in [6, 6.07) is 9.39. The highest BCUT2D eigenvalue weighted by Crippen LogP contribution is 2.33. The van der Waals surface area contributed by atoms with E-state index in [1.54, 1.807) is 19.2 Å². The summed E-state index contributed by atoms with van der Waals surface area (Å²) in [6.07, 6.45) is 0.553. The number of benzene rings is 2. The summed E-state index contributed by atoms with van der Waals surface area (Å²) < 4.78 is 56.0. The van der Waals surface area contributed by atoms with Gasteiger partial charge in [-0.15, -0.1) is 0 Å². The molecule has 8 nitrogen and oxygen atoms in total. The zero-order chi connectivity index (χ0) is 22.4. The van der Waals surface area contributed by atoms with Gasteiger partial charge in [0.2, 0.25) is 10.0 Å². The average Bonchev–Trinajstić information content (AvgIpc) is 2.77. The third kappa shape index (κ3) is 5.65. The number of methoxy groups -OCH3 is 2. The third-order valence-corrected chi connectivity index (χ3v) is 6.77. The standard InChI is InChI=1S/C21H25FN2O6S/c1-28-19-11-15-7-9-24(13-16(15)12-20(19)29-2)31(26,27)10-8-23-21(25)14-30-18-6-4-3-5-17(18)22/h3-6,11-12H,7-10,13-14H2,1-2H3,(H,23,25). The van der Waals surface area contributed by atoms with Crippen LogP contribution in [-0.2, 0) is 27.8 Å². The maximum Gasteiger partial charge on any atom is 0.257 e. The van der Waals surface area contributed by atoms with E-state index >= 15 is 0 Å². The molecule has 1 heterocycles. The summed E-state index contributed by atoms with van der Waals surface area (Å²) in [5.74, 6) is -0.234. The van der Waals surface area contributed by atoms with Crippen molar-refractivity contribution in [1.29, 1.82) is 0 Å². The molecule has 0 radical (unpaired) electrons. The predicted molar refractivity (Wildman–Crippen MR) is 112 cm³/mol. The van der Waals surface area contributed by atoms with Crippen LogP contribution in [0, 0.1) is 5.82 Å². The van der Waals surface area contributed by atoms with Crippen molar-refractivity contribution in [3.05, 3.63) is 53.3 Å². The molecule has 0 aliphatic carbocycles. The molecular formula is C21H25FN2O6S. The lowest BCUT2D eigenvalue weighted by Gasteiger charge is -2.29. The van der Waals surface area contributed by atoms with E-state index in [9.17, 15) is 17.6 Å². The van der Waals surface area contributed by atoms with Gasteiger partial charge < -0.3 is 19.5 Å². The Bertz CT molecular complexity index is 1040. The number of carbonyl (C=O) groups is 1. The number of ether oxygens (including phenoxy) is 3. The molecule has 0 atom stereocenters. The number of rotatable bonds is 9. The quantitative estimate of drug-likeness (QED) is 0.623. The molecule has 168 valence electrons. The van der Waals surface area contributed by atoms with Crippen molar-refractivity contribution < 1.29 is 31.8 Å². The largest absolute Gasteiger partial charge is 0.493 e. The van der Waals surface area contributed by atoms with Crippen LogP contribution < -0.4 is 19.5 Å². The van der Waals surface area contributed by atoms with Gasteiger partial charge >= 0.3 is 0 Å². The molecule has 0 unspecified atom stereocenters. The van der Waals surface area contributed by atoms with Crippen LogP contribution in [-0.4, -0.2) is 58.3 Å². The first kappa shape index (κ1) is 22.8. The first-order valence-corrected chi connectivity index (χ1v) is 11.3. The van der Waals surface area contributed by atoms with Gasteiger partial charge in [0, 0.05) is 19.6 Å². The molecule has 31 heavy (non-hydrogen) atoms. The van der Waals surface area contributed by atoms with E-state index in [0.717, 1.165) is 11.1 Å². The number of hydrogen-bond acceptors (Lipinski definition) is 6. The van der Waals surface area contributed by atoms with Crippen molar-refractivity contribution >= 4 is 15.9 Å². The van der Waals surface area contributed by atoms with Crippen molar-refractivity contribution in [1.82, 2.24) is 9.62 Å². The second-order valence-electron chi connectivity index (χ2n) is 6.94. The molecule has 2 aromatic rings. The van der Waals surface area contributed by atoms with E-state index < -0.39 is 28.4 Å². The summed E-state index contributed by atoms with van der Waals surface area (Å²) in [5, 5.41) is 2.49. The van der Waals surface area contributed by atoms with Crippen molar-refractivity contribution in [2.45, 2.75) is 13.0 Å². The molecule has 2 aromatic carbocycles. The number of hydrogen-bond donors (Lipinski definition) is 1. The van der Waals surface area contributed by atoms with Gasteiger partial charge in [-0.3, -0.25) is 4.79 Å². The summed E-state index contributed by atoms with van der Waals surface area (Å²) in [4.78, 5) is 11.9. The van der Waals surface area contributed by atoms with Gasteiger partial charge in [0.15, 0.2) is 29.7 Å². The van der Waals surface area contributed by atoms with Crippen molar-refractivity contribution in [2.24, 2.45) is 0 Å². The maximum atomic E-state index is 13.5. The molecular weight excluding hydrogens is 427 g/mol. The summed E-state index contributed by atoms with van der Waals surface area (Å²) in [5.41, 5.74) is 1.87. The fraction of sp³-hybridized carbons (Fsp3) is 0.381. The molecule has 0 spiro atoms. The van der Waals surface area contributed by atoms with Crippen LogP contribution in [0.15, 0.2) is 36.4 Å². The molecule has 3 rings (SSSR count). The minimum Gasteiger partial charge on any atom is -0.493 e. The van der Waals surface area contributed by atoms with Gasteiger partial charge in [-0.1, -0.05) is 12.1 Å². The van der Waals surface area contributed by atoms with E-state index in [-0.39, 0.29) is 24.6 Å². The Kier molecular flexibility index (Phi) is 7.34. The molecule has 1 N–H and O–H groups in total. The summed E-state index contributed by atoms with van der Waals surface area (Å²) in [7, 11) is -0.502. The van der Waals surface area contributed by atoms with Gasteiger partial charge in [0.05, 0.1) is 20.0 Å². The van der Waals surface area contributed by atoms with Crippen LogP contribution in [0.5, 0.6) is 17.2 Å². The van der Waals surface area contributed by atoms with Crippen LogP contribution in [0.2, 0.25) is 0 Å². The normalized spacial score (nSPS) is 13.9. The van der Waals surface area contributed by atoms with Crippen molar-refractivity contribution in [3.63, 3.8) is 0 Å². The summed E-state index contributed by atoms with van der Waals surface area (Å²) >= 11 is 0. The number of nitrogens with zero attached hydrogens (tertiary/aromatic N) is 1. The highest BCUT2D eigenvalue weighted by atomic mass is 32.2. The molecule has 1 aliphatic rings. The average molecular weight is 453 g/mol. The molecule has 0 saturated carbocycles. The highest BCUT2D eigenvalue weighted by molar-refractivity contribution is 7.89. The molecule has 0 saturated heterocycles. The second-order valence-corrected chi connectivity index (χ2v) is 9.03. The lowest BCUT2D eigenvalue weighted by Crippen LogP contribution is -2.41. The van der Waals surface area contributed by atoms with E-state index in [4.69, 9.17) is 14.2 Å². The number of amides is 1. The number of sulfonamides is 1. The fourth-order valence-corrected chi connectivity index (χ4v) is 4.62. The van der Waals surface area contributed by atoms with Crippen molar-refractivity contribution in [3.8, 4) is 17.2 Å². The molecule has 0 aromatic heterocycles. The topological polar surface area (TPSA) is 94.2 Å². The fourth-order valence-electron chi connectivity index (χ4n) is 3.30. The Morgan fingerprint density at radius 3 is 2.45 bits per heavy atom. The summed E-state index contributed by atoms with van der Waals surface area (Å²) in [6.45, 7) is 0.0916. The van der Waals surface area contributed by atoms with Gasteiger partial charge in [-0.05, 0) is 41.8 Å². The first-order valence-electron chi connectivity index (χ1n) is 9.69. The second kappa shape index (κ2) is 9.97.